The third-order valence-corrected chi connectivity index (χ3v) is 3.54. The van der Waals surface area contributed by atoms with E-state index in [2.05, 4.69) is 11.4 Å². The van der Waals surface area contributed by atoms with Gasteiger partial charge < -0.3 is 24.3 Å². The number of hydrogen-bond acceptors (Lipinski definition) is 5. The van der Waals surface area contributed by atoms with E-state index in [0.29, 0.717) is 19.3 Å². The first-order valence-corrected chi connectivity index (χ1v) is 7.46. The Morgan fingerprint density at radius 3 is 2.95 bits per heavy atom. The normalized spacial score (nSPS) is 17.1. The molecule has 0 saturated heterocycles. The zero-order valence-electron chi connectivity index (χ0n) is 12.9. The average Bonchev–Trinajstić information content (AvgIpc) is 2.53. The zero-order valence-corrected chi connectivity index (χ0v) is 12.9. The molecule has 0 bridgehead atoms. The van der Waals surface area contributed by atoms with E-state index in [1.54, 1.807) is 14.2 Å². The Balaban J connectivity index is 1.77. The van der Waals surface area contributed by atoms with Crippen LogP contribution in [0, 0.1) is 0 Å². The summed E-state index contributed by atoms with van der Waals surface area (Å²) in [6, 6.07) is 6.30. The molecule has 1 aliphatic heterocycles. The van der Waals surface area contributed by atoms with Crippen molar-refractivity contribution < 1.29 is 18.9 Å². The van der Waals surface area contributed by atoms with Crippen molar-refractivity contribution in [3.63, 3.8) is 0 Å². The number of fused-ring (bicyclic) bond motifs is 1. The first-order valence-electron chi connectivity index (χ1n) is 7.46. The highest BCUT2D eigenvalue weighted by Crippen LogP contribution is 2.34. The topological polar surface area (TPSA) is 49.0 Å². The molecule has 2 rings (SSSR count). The SMILES string of the molecule is COCCOCCCNC1CCOc2ccc(OC)cc21. The first-order chi connectivity index (χ1) is 10.3. The predicted octanol–water partition coefficient (Wildman–Crippen LogP) is 2.16. The highest BCUT2D eigenvalue weighted by Gasteiger charge is 2.21. The number of benzene rings is 1. The van der Waals surface area contributed by atoms with Gasteiger partial charge in [0.15, 0.2) is 0 Å². The van der Waals surface area contributed by atoms with Crippen molar-refractivity contribution >= 4 is 0 Å². The third kappa shape index (κ3) is 4.88. The Bertz CT molecular complexity index is 425. The lowest BCUT2D eigenvalue weighted by atomic mass is 10.00. The van der Waals surface area contributed by atoms with Gasteiger partial charge in [0.25, 0.3) is 0 Å². The van der Waals surface area contributed by atoms with Crippen LogP contribution in [0.5, 0.6) is 11.5 Å². The molecule has 0 aliphatic carbocycles. The number of methoxy groups -OCH3 is 2. The number of ether oxygens (including phenoxy) is 4. The van der Waals surface area contributed by atoms with Crippen LogP contribution in [0.15, 0.2) is 18.2 Å². The van der Waals surface area contributed by atoms with Crippen molar-refractivity contribution in [3.8, 4) is 11.5 Å². The molecule has 0 amide bonds. The molecule has 1 N–H and O–H groups in total. The molecular formula is C16H25NO4. The first kappa shape index (κ1) is 16.1. The second-order valence-corrected chi connectivity index (χ2v) is 5.01. The molecule has 5 heteroatoms. The maximum absolute atomic E-state index is 5.69. The molecule has 0 saturated carbocycles. The largest absolute Gasteiger partial charge is 0.497 e. The summed E-state index contributed by atoms with van der Waals surface area (Å²) >= 11 is 0. The Morgan fingerprint density at radius 2 is 2.14 bits per heavy atom. The summed E-state index contributed by atoms with van der Waals surface area (Å²) in [6.45, 7) is 3.74. The van der Waals surface area contributed by atoms with Gasteiger partial charge in [-0.05, 0) is 31.2 Å². The molecule has 0 spiro atoms. The lowest BCUT2D eigenvalue weighted by Crippen LogP contribution is -2.28. The minimum atomic E-state index is 0.322. The monoisotopic (exact) mass is 295 g/mol. The fraction of sp³-hybridized carbons (Fsp3) is 0.625. The fourth-order valence-corrected chi connectivity index (χ4v) is 2.41. The van der Waals surface area contributed by atoms with E-state index in [1.807, 2.05) is 12.1 Å². The molecule has 1 aromatic carbocycles. The van der Waals surface area contributed by atoms with Crippen LogP contribution < -0.4 is 14.8 Å². The van der Waals surface area contributed by atoms with Gasteiger partial charge in [-0.1, -0.05) is 0 Å². The van der Waals surface area contributed by atoms with Crippen LogP contribution in [0.2, 0.25) is 0 Å². The van der Waals surface area contributed by atoms with Crippen molar-refractivity contribution in [1.29, 1.82) is 0 Å². The highest BCUT2D eigenvalue weighted by atomic mass is 16.5. The van der Waals surface area contributed by atoms with Gasteiger partial charge >= 0.3 is 0 Å². The van der Waals surface area contributed by atoms with Crippen molar-refractivity contribution in [1.82, 2.24) is 5.32 Å². The molecule has 1 atom stereocenters. The number of hydrogen-bond donors (Lipinski definition) is 1. The van der Waals surface area contributed by atoms with Crippen LogP contribution in [-0.4, -0.2) is 47.2 Å². The molecule has 1 heterocycles. The summed E-state index contributed by atoms with van der Waals surface area (Å²) < 4.78 is 21.4. The summed E-state index contributed by atoms with van der Waals surface area (Å²) in [5.74, 6) is 1.82. The Hall–Kier alpha value is -1.30. The number of rotatable bonds is 9. The molecule has 1 aromatic rings. The van der Waals surface area contributed by atoms with Crippen molar-refractivity contribution in [2.75, 3.05) is 47.2 Å². The lowest BCUT2D eigenvalue weighted by Gasteiger charge is -2.27. The third-order valence-electron chi connectivity index (χ3n) is 3.54. The van der Waals surface area contributed by atoms with Gasteiger partial charge in [-0.3, -0.25) is 0 Å². The van der Waals surface area contributed by atoms with E-state index < -0.39 is 0 Å². The van der Waals surface area contributed by atoms with Crippen LogP contribution in [0.3, 0.4) is 0 Å². The van der Waals surface area contributed by atoms with Gasteiger partial charge in [0.2, 0.25) is 0 Å². The van der Waals surface area contributed by atoms with E-state index >= 15 is 0 Å². The summed E-state index contributed by atoms with van der Waals surface area (Å²) in [5.41, 5.74) is 1.18. The minimum absolute atomic E-state index is 0.322. The maximum atomic E-state index is 5.69. The van der Waals surface area contributed by atoms with Crippen LogP contribution >= 0.6 is 0 Å². The summed E-state index contributed by atoms with van der Waals surface area (Å²) in [7, 11) is 3.37. The van der Waals surface area contributed by atoms with Gasteiger partial charge in [-0.15, -0.1) is 0 Å². The molecule has 0 radical (unpaired) electrons. The van der Waals surface area contributed by atoms with Gasteiger partial charge in [-0.2, -0.15) is 0 Å². The molecule has 1 unspecified atom stereocenters. The Kier molecular flexibility index (Phi) is 6.79. The Morgan fingerprint density at radius 1 is 1.24 bits per heavy atom. The zero-order chi connectivity index (χ0) is 14.9. The van der Waals surface area contributed by atoms with E-state index in [-0.39, 0.29) is 0 Å². The smallest absolute Gasteiger partial charge is 0.124 e. The van der Waals surface area contributed by atoms with Crippen LogP contribution in [0.1, 0.15) is 24.4 Å². The van der Waals surface area contributed by atoms with Crippen molar-refractivity contribution in [3.05, 3.63) is 23.8 Å². The van der Waals surface area contributed by atoms with E-state index in [1.165, 1.54) is 5.56 Å². The van der Waals surface area contributed by atoms with Crippen LogP contribution in [-0.2, 0) is 9.47 Å². The van der Waals surface area contributed by atoms with Gasteiger partial charge in [0.05, 0.1) is 26.9 Å². The van der Waals surface area contributed by atoms with E-state index in [0.717, 1.165) is 44.1 Å². The molecule has 21 heavy (non-hydrogen) atoms. The second-order valence-electron chi connectivity index (χ2n) is 5.01. The molecule has 5 nitrogen and oxygen atoms in total. The molecule has 0 aromatic heterocycles. The van der Waals surface area contributed by atoms with Gasteiger partial charge in [0.1, 0.15) is 11.5 Å². The lowest BCUT2D eigenvalue weighted by molar-refractivity contribution is 0.0690. The molecule has 1 aliphatic rings. The average molecular weight is 295 g/mol. The van der Waals surface area contributed by atoms with Gasteiger partial charge in [-0.25, -0.2) is 0 Å². The summed E-state index contributed by atoms with van der Waals surface area (Å²) in [6.07, 6.45) is 1.96. The predicted molar refractivity (Wildman–Crippen MR) is 81.2 cm³/mol. The van der Waals surface area contributed by atoms with E-state index in [4.69, 9.17) is 18.9 Å². The highest BCUT2D eigenvalue weighted by molar-refractivity contribution is 5.43. The fourth-order valence-electron chi connectivity index (χ4n) is 2.41. The number of nitrogens with one attached hydrogen (secondary N) is 1. The van der Waals surface area contributed by atoms with Crippen LogP contribution in [0.25, 0.3) is 0 Å². The summed E-state index contributed by atoms with van der Waals surface area (Å²) in [4.78, 5) is 0. The Labute approximate surface area is 126 Å². The quantitative estimate of drug-likeness (QED) is 0.708. The van der Waals surface area contributed by atoms with Crippen LogP contribution in [0.4, 0.5) is 0 Å². The van der Waals surface area contributed by atoms with E-state index in [9.17, 15) is 0 Å². The molecule has 0 fully saturated rings. The minimum Gasteiger partial charge on any atom is -0.497 e. The van der Waals surface area contributed by atoms with Crippen molar-refractivity contribution in [2.24, 2.45) is 0 Å². The molecular weight excluding hydrogens is 270 g/mol. The standard InChI is InChI=1S/C16H25NO4/c1-18-10-11-20-8-3-7-17-15-6-9-21-16-5-4-13(19-2)12-14(15)16/h4-5,12,15,17H,3,6-11H2,1-2H3. The second kappa shape index (κ2) is 8.87. The van der Waals surface area contributed by atoms with Crippen molar-refractivity contribution in [2.45, 2.75) is 18.9 Å². The van der Waals surface area contributed by atoms with Gasteiger partial charge in [0, 0.05) is 31.7 Å². The maximum Gasteiger partial charge on any atom is 0.124 e. The summed E-state index contributed by atoms with van der Waals surface area (Å²) in [5, 5.41) is 3.57. The molecule has 118 valence electrons.